The van der Waals surface area contributed by atoms with Crippen LogP contribution in [0.5, 0.6) is 0 Å². The van der Waals surface area contributed by atoms with Gasteiger partial charge in [0.15, 0.2) is 0 Å². The highest BCUT2D eigenvalue weighted by molar-refractivity contribution is 6.13. The van der Waals surface area contributed by atoms with Gasteiger partial charge in [-0.3, -0.25) is 19.4 Å². The maximum absolute atomic E-state index is 13.9. The number of nitrogens with one attached hydrogen (secondary N) is 1. The van der Waals surface area contributed by atoms with E-state index in [-0.39, 0.29) is 18.4 Å². The minimum Gasteiger partial charge on any atom is -0.343 e. The van der Waals surface area contributed by atoms with Crippen molar-refractivity contribution in [2.75, 3.05) is 20.1 Å². The summed E-state index contributed by atoms with van der Waals surface area (Å²) in [7, 11) is 1.66. The van der Waals surface area contributed by atoms with Crippen molar-refractivity contribution < 1.29 is 14.4 Å². The molecule has 2 atom stereocenters. The number of aromatic nitrogens is 1. The van der Waals surface area contributed by atoms with E-state index >= 15 is 0 Å². The molecule has 9 nitrogen and oxygen atoms in total. The first-order valence-electron chi connectivity index (χ1n) is 12.8. The molecule has 1 saturated heterocycles. The van der Waals surface area contributed by atoms with Gasteiger partial charge in [-0.2, -0.15) is 5.10 Å². The van der Waals surface area contributed by atoms with Crippen LogP contribution in [-0.2, 0) is 27.2 Å². The standard InChI is InChI=1S/C28H36N6O3/c1-27(2,29)25(36)31-22(14-9-13-21-12-7-8-16-30-21)24(35)34-17-15-23-28(19-34,26(37)33(3)32-23)18-20-10-5-4-6-11-20/h4-8,10-12,16,22H,9,13-15,17-19,29H2,1-3H3,(H,31,36). The maximum Gasteiger partial charge on any atom is 0.256 e. The molecule has 2 aliphatic rings. The van der Waals surface area contributed by atoms with Gasteiger partial charge in [-0.15, -0.1) is 0 Å². The van der Waals surface area contributed by atoms with Crippen molar-refractivity contribution in [3.05, 3.63) is 66.0 Å². The van der Waals surface area contributed by atoms with Crippen LogP contribution in [0, 0.1) is 5.41 Å². The van der Waals surface area contributed by atoms with Gasteiger partial charge in [-0.25, -0.2) is 5.01 Å². The summed E-state index contributed by atoms with van der Waals surface area (Å²) < 4.78 is 0. The summed E-state index contributed by atoms with van der Waals surface area (Å²) in [6, 6.07) is 14.8. The summed E-state index contributed by atoms with van der Waals surface area (Å²) in [5, 5.41) is 8.81. The lowest BCUT2D eigenvalue weighted by molar-refractivity contribution is -0.142. The van der Waals surface area contributed by atoms with Crippen molar-refractivity contribution in [2.45, 2.75) is 57.5 Å². The summed E-state index contributed by atoms with van der Waals surface area (Å²) in [5.41, 5.74) is 6.75. The number of pyridine rings is 1. The average Bonchev–Trinajstić information content (AvgIpc) is 3.12. The van der Waals surface area contributed by atoms with Gasteiger partial charge in [0.1, 0.15) is 11.5 Å². The zero-order chi connectivity index (χ0) is 26.6. The van der Waals surface area contributed by atoms with Gasteiger partial charge in [0, 0.05) is 38.4 Å². The molecule has 1 aromatic carbocycles. The van der Waals surface area contributed by atoms with E-state index in [2.05, 4.69) is 15.4 Å². The first-order valence-corrected chi connectivity index (χ1v) is 12.8. The molecule has 3 N–H and O–H groups in total. The van der Waals surface area contributed by atoms with Crippen LogP contribution in [0.3, 0.4) is 0 Å². The molecule has 1 aromatic heterocycles. The predicted octanol–water partition coefficient (Wildman–Crippen LogP) is 1.92. The molecule has 1 fully saturated rings. The minimum atomic E-state index is -1.13. The Labute approximate surface area is 218 Å². The molecule has 3 heterocycles. The van der Waals surface area contributed by atoms with Crippen LogP contribution < -0.4 is 11.1 Å². The first-order chi connectivity index (χ1) is 17.6. The van der Waals surface area contributed by atoms with Gasteiger partial charge in [0.2, 0.25) is 11.8 Å². The van der Waals surface area contributed by atoms with Gasteiger partial charge < -0.3 is 16.0 Å². The van der Waals surface area contributed by atoms with Crippen LogP contribution in [-0.4, -0.2) is 70.0 Å². The number of aryl methyl sites for hydroxylation is 1. The predicted molar refractivity (Wildman–Crippen MR) is 141 cm³/mol. The number of hydrogen-bond acceptors (Lipinski definition) is 6. The first kappa shape index (κ1) is 26.5. The number of likely N-dealkylation sites (tertiary alicyclic amines) is 1. The van der Waals surface area contributed by atoms with Crippen molar-refractivity contribution in [3.63, 3.8) is 0 Å². The van der Waals surface area contributed by atoms with E-state index in [0.29, 0.717) is 38.6 Å². The molecule has 0 spiro atoms. The largest absolute Gasteiger partial charge is 0.343 e. The van der Waals surface area contributed by atoms with Crippen LogP contribution in [0.15, 0.2) is 59.8 Å². The van der Waals surface area contributed by atoms with E-state index in [1.54, 1.807) is 32.0 Å². The average molecular weight is 505 g/mol. The monoisotopic (exact) mass is 504 g/mol. The Bertz CT molecular complexity index is 1160. The number of fused-ring (bicyclic) bond motifs is 1. The lowest BCUT2D eigenvalue weighted by Crippen LogP contribution is -2.60. The number of nitrogens with two attached hydrogens (primary N) is 1. The summed E-state index contributed by atoms with van der Waals surface area (Å²) in [6.45, 7) is 3.89. The summed E-state index contributed by atoms with van der Waals surface area (Å²) in [6.07, 6.45) is 4.50. The Morgan fingerprint density at radius 1 is 1.16 bits per heavy atom. The number of amides is 3. The van der Waals surface area contributed by atoms with Crippen molar-refractivity contribution in [1.29, 1.82) is 0 Å². The molecule has 2 aromatic rings. The van der Waals surface area contributed by atoms with Gasteiger partial charge in [0.25, 0.3) is 5.91 Å². The highest BCUT2D eigenvalue weighted by Gasteiger charge is 2.53. The molecule has 2 unspecified atom stereocenters. The van der Waals surface area contributed by atoms with Crippen molar-refractivity contribution in [1.82, 2.24) is 20.2 Å². The number of hydrazone groups is 1. The normalized spacial score (nSPS) is 20.3. The molecule has 4 rings (SSSR count). The van der Waals surface area contributed by atoms with Gasteiger partial charge in [-0.05, 0) is 57.2 Å². The van der Waals surface area contributed by atoms with Crippen molar-refractivity contribution >= 4 is 23.4 Å². The number of rotatable bonds is 9. The molecule has 9 heteroatoms. The Morgan fingerprint density at radius 3 is 2.57 bits per heavy atom. The summed E-state index contributed by atoms with van der Waals surface area (Å²) >= 11 is 0. The smallest absolute Gasteiger partial charge is 0.256 e. The number of piperidine rings is 1. The van der Waals surface area contributed by atoms with Gasteiger partial charge in [-0.1, -0.05) is 36.4 Å². The molecular weight excluding hydrogens is 468 g/mol. The molecular formula is C28H36N6O3. The second-order valence-corrected chi connectivity index (χ2v) is 10.6. The molecule has 196 valence electrons. The Morgan fingerprint density at radius 2 is 1.89 bits per heavy atom. The topological polar surface area (TPSA) is 121 Å². The van der Waals surface area contributed by atoms with Crippen LogP contribution in [0.25, 0.3) is 0 Å². The molecule has 3 amide bonds. The maximum atomic E-state index is 13.9. The third-order valence-electron chi connectivity index (χ3n) is 7.11. The summed E-state index contributed by atoms with van der Waals surface area (Å²) in [5.74, 6) is -0.700. The van der Waals surface area contributed by atoms with E-state index in [4.69, 9.17) is 5.73 Å². The molecule has 0 saturated carbocycles. The number of carbonyl (C=O) groups excluding carboxylic acids is 3. The Hall–Kier alpha value is -3.59. The van der Waals surface area contributed by atoms with E-state index < -0.39 is 22.9 Å². The van der Waals surface area contributed by atoms with Crippen LogP contribution >= 0.6 is 0 Å². The lowest BCUT2D eigenvalue weighted by atomic mass is 9.73. The zero-order valence-corrected chi connectivity index (χ0v) is 21.8. The SMILES string of the molecule is CN1N=C2CCN(C(=O)C(CCCc3ccccn3)NC(=O)C(C)(C)N)CC2(Cc2ccccc2)C1=O. The quantitative estimate of drug-likeness (QED) is 0.540. The molecule has 0 bridgehead atoms. The highest BCUT2D eigenvalue weighted by atomic mass is 16.2. The van der Waals surface area contributed by atoms with Crippen LogP contribution in [0.1, 0.15) is 44.4 Å². The van der Waals surface area contributed by atoms with Crippen LogP contribution in [0.4, 0.5) is 0 Å². The number of benzene rings is 1. The van der Waals surface area contributed by atoms with E-state index in [9.17, 15) is 14.4 Å². The number of nitrogens with zero attached hydrogens (tertiary/aromatic N) is 4. The third kappa shape index (κ3) is 5.88. The molecule has 37 heavy (non-hydrogen) atoms. The molecule has 2 aliphatic heterocycles. The fourth-order valence-electron chi connectivity index (χ4n) is 5.07. The van der Waals surface area contributed by atoms with Gasteiger partial charge >= 0.3 is 0 Å². The van der Waals surface area contributed by atoms with Crippen molar-refractivity contribution in [3.8, 4) is 0 Å². The highest BCUT2D eigenvalue weighted by Crippen LogP contribution is 2.38. The van der Waals surface area contributed by atoms with Crippen molar-refractivity contribution in [2.24, 2.45) is 16.3 Å². The Kier molecular flexibility index (Phi) is 7.73. The minimum absolute atomic E-state index is 0.109. The molecule has 0 radical (unpaired) electrons. The molecule has 0 aliphatic carbocycles. The second-order valence-electron chi connectivity index (χ2n) is 10.6. The van der Waals surface area contributed by atoms with Crippen LogP contribution in [0.2, 0.25) is 0 Å². The Balaban J connectivity index is 1.54. The fourth-order valence-corrected chi connectivity index (χ4v) is 5.07. The number of carbonyl (C=O) groups is 3. The third-order valence-corrected chi connectivity index (χ3v) is 7.11. The lowest BCUT2D eigenvalue weighted by Gasteiger charge is -2.41. The van der Waals surface area contributed by atoms with E-state index in [1.165, 1.54) is 5.01 Å². The zero-order valence-electron chi connectivity index (χ0n) is 21.8. The van der Waals surface area contributed by atoms with Gasteiger partial charge in [0.05, 0.1) is 11.3 Å². The van der Waals surface area contributed by atoms with E-state index in [1.807, 2.05) is 48.5 Å². The summed E-state index contributed by atoms with van der Waals surface area (Å²) in [4.78, 5) is 46.1. The van der Waals surface area contributed by atoms with E-state index in [0.717, 1.165) is 17.0 Å². The fraction of sp³-hybridized carbons (Fsp3) is 0.464. The number of hydrogen-bond donors (Lipinski definition) is 2. The second kappa shape index (κ2) is 10.8.